The summed E-state index contributed by atoms with van der Waals surface area (Å²) in [7, 11) is 0. The number of aryl methyl sites for hydroxylation is 1. The van der Waals surface area contributed by atoms with Crippen molar-refractivity contribution in [1.82, 2.24) is 4.98 Å². The number of nitrogens with one attached hydrogen (secondary N) is 1. The van der Waals surface area contributed by atoms with Gasteiger partial charge in [0, 0.05) is 26.9 Å². The van der Waals surface area contributed by atoms with Gasteiger partial charge < -0.3 is 5.32 Å². The first-order valence-corrected chi connectivity index (χ1v) is 7.57. The van der Waals surface area contributed by atoms with Gasteiger partial charge in [-0.3, -0.25) is 4.98 Å². The standard InChI is InChI=1S/C15H19IN2/c1-4-8-17-15-12(5-2)10(3)18-14-7-6-11(16)9-13(14)15/h6-7,9H,4-5,8H2,1-3H3,(H,17,18). The third-order valence-corrected chi connectivity index (χ3v) is 3.83. The average Bonchev–Trinajstić information content (AvgIpc) is 2.36. The van der Waals surface area contributed by atoms with Gasteiger partial charge in [-0.15, -0.1) is 0 Å². The molecular weight excluding hydrogens is 335 g/mol. The van der Waals surface area contributed by atoms with Gasteiger partial charge in [0.2, 0.25) is 0 Å². The molecule has 0 aliphatic heterocycles. The Hall–Kier alpha value is -0.840. The van der Waals surface area contributed by atoms with E-state index >= 15 is 0 Å². The second kappa shape index (κ2) is 5.87. The van der Waals surface area contributed by atoms with Crippen LogP contribution in [0.2, 0.25) is 0 Å². The normalized spacial score (nSPS) is 10.9. The molecule has 0 aliphatic carbocycles. The van der Waals surface area contributed by atoms with E-state index in [1.165, 1.54) is 20.2 Å². The molecule has 0 saturated carbocycles. The molecule has 2 nitrogen and oxygen atoms in total. The Bertz CT molecular complexity index is 564. The molecule has 1 aromatic carbocycles. The van der Waals surface area contributed by atoms with E-state index in [1.807, 2.05) is 0 Å². The third kappa shape index (κ3) is 2.60. The summed E-state index contributed by atoms with van der Waals surface area (Å²) in [5.74, 6) is 0. The van der Waals surface area contributed by atoms with Crippen molar-refractivity contribution in [3.63, 3.8) is 0 Å². The summed E-state index contributed by atoms with van der Waals surface area (Å²) in [5.41, 5.74) is 4.85. The SMILES string of the molecule is CCCNc1c(CC)c(C)nc2ccc(I)cc12. The maximum absolute atomic E-state index is 4.71. The zero-order chi connectivity index (χ0) is 13.1. The maximum Gasteiger partial charge on any atom is 0.0726 e. The summed E-state index contributed by atoms with van der Waals surface area (Å²) in [6, 6.07) is 6.45. The highest BCUT2D eigenvalue weighted by Crippen LogP contribution is 2.30. The topological polar surface area (TPSA) is 24.9 Å². The first-order valence-electron chi connectivity index (χ1n) is 6.50. The van der Waals surface area contributed by atoms with E-state index in [2.05, 4.69) is 66.9 Å². The van der Waals surface area contributed by atoms with Gasteiger partial charge >= 0.3 is 0 Å². The zero-order valence-corrected chi connectivity index (χ0v) is 13.3. The fourth-order valence-corrected chi connectivity index (χ4v) is 2.77. The van der Waals surface area contributed by atoms with Gasteiger partial charge in [0.05, 0.1) is 5.52 Å². The Labute approximate surface area is 122 Å². The van der Waals surface area contributed by atoms with Crippen LogP contribution in [0.15, 0.2) is 18.2 Å². The molecular formula is C15H19IN2. The number of hydrogen-bond donors (Lipinski definition) is 1. The van der Waals surface area contributed by atoms with E-state index < -0.39 is 0 Å². The highest BCUT2D eigenvalue weighted by molar-refractivity contribution is 14.1. The van der Waals surface area contributed by atoms with Crippen molar-refractivity contribution in [2.24, 2.45) is 0 Å². The number of fused-ring (bicyclic) bond motifs is 1. The molecule has 3 heteroatoms. The van der Waals surface area contributed by atoms with Crippen molar-refractivity contribution in [2.75, 3.05) is 11.9 Å². The Morgan fingerprint density at radius 1 is 1.28 bits per heavy atom. The molecule has 0 unspecified atom stereocenters. The predicted octanol–water partition coefficient (Wildman–Crippen LogP) is 4.53. The molecule has 2 rings (SSSR count). The number of aromatic nitrogens is 1. The predicted molar refractivity (Wildman–Crippen MR) is 87.4 cm³/mol. The van der Waals surface area contributed by atoms with Crippen LogP contribution in [0, 0.1) is 10.5 Å². The van der Waals surface area contributed by atoms with Gasteiger partial charge in [-0.05, 0) is 66.1 Å². The van der Waals surface area contributed by atoms with Crippen LogP contribution in [-0.4, -0.2) is 11.5 Å². The maximum atomic E-state index is 4.71. The van der Waals surface area contributed by atoms with Crippen LogP contribution >= 0.6 is 22.6 Å². The smallest absolute Gasteiger partial charge is 0.0726 e. The number of anilines is 1. The molecule has 0 bridgehead atoms. The lowest BCUT2D eigenvalue weighted by molar-refractivity contribution is 0.969. The number of nitrogens with zero attached hydrogens (tertiary/aromatic N) is 1. The van der Waals surface area contributed by atoms with Gasteiger partial charge in [-0.2, -0.15) is 0 Å². The fourth-order valence-electron chi connectivity index (χ4n) is 2.28. The largest absolute Gasteiger partial charge is 0.384 e. The highest BCUT2D eigenvalue weighted by atomic mass is 127. The van der Waals surface area contributed by atoms with E-state index in [4.69, 9.17) is 4.98 Å². The van der Waals surface area contributed by atoms with Crippen molar-refractivity contribution in [3.8, 4) is 0 Å². The molecule has 0 radical (unpaired) electrons. The first-order chi connectivity index (χ1) is 8.67. The molecule has 0 aliphatic rings. The Morgan fingerprint density at radius 2 is 2.06 bits per heavy atom. The molecule has 1 heterocycles. The summed E-state index contributed by atoms with van der Waals surface area (Å²) < 4.78 is 1.26. The molecule has 1 N–H and O–H groups in total. The Morgan fingerprint density at radius 3 is 2.72 bits per heavy atom. The Balaban J connectivity index is 2.68. The van der Waals surface area contributed by atoms with Crippen molar-refractivity contribution >= 4 is 39.2 Å². The number of halogens is 1. The minimum absolute atomic E-state index is 1.01. The first kappa shape index (κ1) is 13.6. The van der Waals surface area contributed by atoms with Crippen LogP contribution in [0.4, 0.5) is 5.69 Å². The van der Waals surface area contributed by atoms with Crippen LogP contribution in [0.1, 0.15) is 31.5 Å². The van der Waals surface area contributed by atoms with E-state index in [0.29, 0.717) is 0 Å². The molecule has 18 heavy (non-hydrogen) atoms. The van der Waals surface area contributed by atoms with Gasteiger partial charge in [0.1, 0.15) is 0 Å². The second-order valence-electron chi connectivity index (χ2n) is 4.49. The highest BCUT2D eigenvalue weighted by Gasteiger charge is 2.11. The lowest BCUT2D eigenvalue weighted by atomic mass is 10.0. The van der Waals surface area contributed by atoms with Gasteiger partial charge in [0.15, 0.2) is 0 Å². The number of benzene rings is 1. The number of pyridine rings is 1. The lowest BCUT2D eigenvalue weighted by Gasteiger charge is -2.16. The summed E-state index contributed by atoms with van der Waals surface area (Å²) in [6.07, 6.45) is 2.15. The minimum Gasteiger partial charge on any atom is -0.384 e. The molecule has 1 aromatic heterocycles. The van der Waals surface area contributed by atoms with Crippen molar-refractivity contribution in [1.29, 1.82) is 0 Å². The van der Waals surface area contributed by atoms with Crippen molar-refractivity contribution in [3.05, 3.63) is 33.0 Å². The number of rotatable bonds is 4. The average molecular weight is 354 g/mol. The molecule has 0 fully saturated rings. The van der Waals surface area contributed by atoms with Crippen LogP contribution in [0.3, 0.4) is 0 Å². The zero-order valence-electron chi connectivity index (χ0n) is 11.2. The fraction of sp³-hybridized carbons (Fsp3) is 0.400. The monoisotopic (exact) mass is 354 g/mol. The molecule has 96 valence electrons. The van der Waals surface area contributed by atoms with E-state index in [1.54, 1.807) is 0 Å². The molecule has 0 saturated heterocycles. The molecule has 0 atom stereocenters. The van der Waals surface area contributed by atoms with Gasteiger partial charge in [-0.1, -0.05) is 13.8 Å². The summed E-state index contributed by atoms with van der Waals surface area (Å²) in [4.78, 5) is 4.71. The lowest BCUT2D eigenvalue weighted by Crippen LogP contribution is -2.06. The van der Waals surface area contributed by atoms with Crippen LogP contribution in [0.25, 0.3) is 10.9 Å². The van der Waals surface area contributed by atoms with Gasteiger partial charge in [0.25, 0.3) is 0 Å². The summed E-state index contributed by atoms with van der Waals surface area (Å²) in [6.45, 7) is 7.50. The minimum atomic E-state index is 1.01. The Kier molecular flexibility index (Phi) is 4.43. The number of hydrogen-bond acceptors (Lipinski definition) is 2. The van der Waals surface area contributed by atoms with E-state index in [9.17, 15) is 0 Å². The summed E-state index contributed by atoms with van der Waals surface area (Å²) >= 11 is 2.36. The van der Waals surface area contributed by atoms with Crippen LogP contribution in [-0.2, 0) is 6.42 Å². The van der Waals surface area contributed by atoms with Crippen LogP contribution < -0.4 is 5.32 Å². The molecule has 0 spiro atoms. The van der Waals surface area contributed by atoms with E-state index in [-0.39, 0.29) is 0 Å². The third-order valence-electron chi connectivity index (χ3n) is 3.16. The van der Waals surface area contributed by atoms with Crippen molar-refractivity contribution in [2.45, 2.75) is 33.6 Å². The molecule has 2 aromatic rings. The van der Waals surface area contributed by atoms with Crippen LogP contribution in [0.5, 0.6) is 0 Å². The summed E-state index contributed by atoms with van der Waals surface area (Å²) in [5, 5.41) is 4.83. The van der Waals surface area contributed by atoms with E-state index in [0.717, 1.165) is 30.6 Å². The quantitative estimate of drug-likeness (QED) is 0.816. The second-order valence-corrected chi connectivity index (χ2v) is 5.74. The van der Waals surface area contributed by atoms with Gasteiger partial charge in [-0.25, -0.2) is 0 Å². The molecule has 0 amide bonds. The van der Waals surface area contributed by atoms with Crippen molar-refractivity contribution < 1.29 is 0 Å².